The summed E-state index contributed by atoms with van der Waals surface area (Å²) in [7, 11) is 0. The maximum Gasteiger partial charge on any atom is 0.573 e. The largest absolute Gasteiger partial charge is 0.573 e. The van der Waals surface area contributed by atoms with E-state index in [-0.39, 0.29) is 22.7 Å². The van der Waals surface area contributed by atoms with Crippen LogP contribution in [0.2, 0.25) is 0 Å². The Morgan fingerprint density at radius 2 is 1.59 bits per heavy atom. The van der Waals surface area contributed by atoms with Gasteiger partial charge in [0, 0.05) is 37.8 Å². The van der Waals surface area contributed by atoms with Crippen LogP contribution in [-0.4, -0.2) is 53.7 Å². The molecule has 2 bridgehead atoms. The van der Waals surface area contributed by atoms with Crippen molar-refractivity contribution in [2.75, 3.05) is 31.1 Å². The van der Waals surface area contributed by atoms with Gasteiger partial charge in [0.15, 0.2) is 5.82 Å². The van der Waals surface area contributed by atoms with Crippen molar-refractivity contribution in [1.29, 1.82) is 0 Å². The van der Waals surface area contributed by atoms with Crippen LogP contribution in [0, 0.1) is 0 Å². The van der Waals surface area contributed by atoms with Gasteiger partial charge in [-0.25, -0.2) is 0 Å². The van der Waals surface area contributed by atoms with Gasteiger partial charge < -0.3 is 14.5 Å². The first-order valence-corrected chi connectivity index (χ1v) is 8.67. The number of benzene rings is 1. The monoisotopic (exact) mass is 444 g/mol. The number of nitrogens with zero attached hydrogens (tertiary/aromatic N) is 4. The van der Waals surface area contributed by atoms with E-state index in [0.29, 0.717) is 17.3 Å². The Bertz CT molecular complexity index is 747. The summed E-state index contributed by atoms with van der Waals surface area (Å²) in [5, 5.41) is 8.64. The molecule has 2 aromatic rings. The molecular weight excluding hydrogens is 425 g/mol. The number of rotatable bonds is 3. The van der Waals surface area contributed by atoms with Gasteiger partial charge in [0.05, 0.1) is 5.69 Å². The Kier molecular flexibility index (Phi) is 5.90. The second-order valence-electron chi connectivity index (χ2n) is 6.62. The summed E-state index contributed by atoms with van der Waals surface area (Å²) in [4.78, 5) is 4.80. The third kappa shape index (κ3) is 4.70. The number of alkyl halides is 3. The van der Waals surface area contributed by atoms with Crippen molar-refractivity contribution < 1.29 is 17.9 Å². The van der Waals surface area contributed by atoms with Crippen LogP contribution in [0.4, 0.5) is 19.0 Å². The van der Waals surface area contributed by atoms with Crippen molar-refractivity contribution in [2.24, 2.45) is 0 Å². The molecule has 0 N–H and O–H groups in total. The van der Waals surface area contributed by atoms with Gasteiger partial charge in [0.25, 0.3) is 0 Å². The molecule has 0 unspecified atom stereocenters. The first-order valence-electron chi connectivity index (χ1n) is 8.67. The SMILES string of the molecule is Br.FC(F)(F)Oc1ccc(-c2ccc(N3CCN4CCC3CC4)nn2)cc1. The highest BCUT2D eigenvalue weighted by molar-refractivity contribution is 8.93. The first kappa shape index (κ1) is 19.9. The average Bonchev–Trinajstić information content (AvgIpc) is 2.95. The predicted octanol–water partition coefficient (Wildman–Crippen LogP) is 3.90. The molecule has 5 nitrogen and oxygen atoms in total. The summed E-state index contributed by atoms with van der Waals surface area (Å²) in [6.07, 6.45) is -2.40. The van der Waals surface area contributed by atoms with Gasteiger partial charge in [-0.05, 0) is 49.2 Å². The molecule has 27 heavy (non-hydrogen) atoms. The van der Waals surface area contributed by atoms with Crippen LogP contribution in [0.3, 0.4) is 0 Å². The van der Waals surface area contributed by atoms with Gasteiger partial charge >= 0.3 is 6.36 Å². The number of hydrogen-bond donors (Lipinski definition) is 0. The Morgan fingerprint density at radius 3 is 2.19 bits per heavy atom. The van der Waals surface area contributed by atoms with E-state index < -0.39 is 6.36 Å². The number of halogens is 4. The number of fused-ring (bicyclic) bond motifs is 4. The van der Waals surface area contributed by atoms with E-state index in [1.807, 2.05) is 12.1 Å². The van der Waals surface area contributed by atoms with Crippen molar-refractivity contribution in [3.05, 3.63) is 36.4 Å². The number of ether oxygens (including phenoxy) is 1. The van der Waals surface area contributed by atoms with Crippen LogP contribution in [0.15, 0.2) is 36.4 Å². The fourth-order valence-corrected chi connectivity index (χ4v) is 3.65. The van der Waals surface area contributed by atoms with E-state index >= 15 is 0 Å². The van der Waals surface area contributed by atoms with Crippen LogP contribution in [0.5, 0.6) is 5.75 Å². The van der Waals surface area contributed by atoms with Crippen LogP contribution < -0.4 is 9.64 Å². The molecule has 3 fully saturated rings. The maximum atomic E-state index is 12.2. The number of hydrogen-bond acceptors (Lipinski definition) is 5. The topological polar surface area (TPSA) is 41.5 Å². The summed E-state index contributed by atoms with van der Waals surface area (Å²) in [5.74, 6) is 0.612. The number of piperidine rings is 1. The summed E-state index contributed by atoms with van der Waals surface area (Å²) >= 11 is 0. The minimum absolute atomic E-state index is 0. The standard InChI is InChI=1S/C18H19F3N4O.BrH/c19-18(20,21)26-15-3-1-13(2-4-15)16-5-6-17(23-22-16)25-12-11-24-9-7-14(25)8-10-24;/h1-6,14H,7-12H2;1H. The quantitative estimate of drug-likeness (QED) is 0.717. The molecule has 1 aromatic heterocycles. The minimum Gasteiger partial charge on any atom is -0.406 e. The zero-order valence-corrected chi connectivity index (χ0v) is 16.2. The summed E-state index contributed by atoms with van der Waals surface area (Å²) in [5.41, 5.74) is 1.32. The molecule has 3 saturated heterocycles. The molecule has 0 radical (unpaired) electrons. The van der Waals surface area contributed by atoms with Crippen molar-refractivity contribution in [3.63, 3.8) is 0 Å². The minimum atomic E-state index is -4.69. The van der Waals surface area contributed by atoms with Crippen LogP contribution >= 0.6 is 17.0 Å². The molecule has 4 heterocycles. The molecule has 0 aliphatic carbocycles. The molecule has 0 amide bonds. The van der Waals surface area contributed by atoms with E-state index in [1.54, 1.807) is 12.1 Å². The third-order valence-corrected chi connectivity index (χ3v) is 4.98. The van der Waals surface area contributed by atoms with Crippen LogP contribution in [0.1, 0.15) is 12.8 Å². The fourth-order valence-electron chi connectivity index (χ4n) is 3.65. The Hall–Kier alpha value is -1.87. The van der Waals surface area contributed by atoms with Gasteiger partial charge in [0.2, 0.25) is 0 Å². The van der Waals surface area contributed by atoms with E-state index in [0.717, 1.165) is 44.8 Å². The molecule has 3 aliphatic heterocycles. The lowest BCUT2D eigenvalue weighted by Gasteiger charge is -2.31. The molecule has 3 aliphatic rings. The lowest BCUT2D eigenvalue weighted by Crippen LogP contribution is -2.38. The molecule has 0 atom stereocenters. The molecule has 9 heteroatoms. The van der Waals surface area contributed by atoms with Gasteiger partial charge in [-0.1, -0.05) is 0 Å². The zero-order valence-electron chi connectivity index (χ0n) is 14.5. The van der Waals surface area contributed by atoms with Crippen molar-refractivity contribution in [3.8, 4) is 17.0 Å². The smallest absolute Gasteiger partial charge is 0.406 e. The lowest BCUT2D eigenvalue weighted by atomic mass is 10.1. The van der Waals surface area contributed by atoms with Gasteiger partial charge in [0.1, 0.15) is 5.75 Å². The van der Waals surface area contributed by atoms with Crippen molar-refractivity contribution in [1.82, 2.24) is 15.1 Å². The van der Waals surface area contributed by atoms with Crippen molar-refractivity contribution in [2.45, 2.75) is 25.2 Å². The van der Waals surface area contributed by atoms with E-state index in [4.69, 9.17) is 0 Å². The molecule has 5 rings (SSSR count). The Labute approximate surface area is 165 Å². The summed E-state index contributed by atoms with van der Waals surface area (Å²) in [6, 6.07) is 9.96. The average molecular weight is 445 g/mol. The number of anilines is 1. The van der Waals surface area contributed by atoms with Crippen LogP contribution in [0.25, 0.3) is 11.3 Å². The third-order valence-electron chi connectivity index (χ3n) is 4.98. The highest BCUT2D eigenvalue weighted by Crippen LogP contribution is 2.28. The predicted molar refractivity (Wildman–Crippen MR) is 101 cm³/mol. The van der Waals surface area contributed by atoms with E-state index in [1.165, 1.54) is 12.1 Å². The second-order valence-corrected chi connectivity index (χ2v) is 6.62. The van der Waals surface area contributed by atoms with Gasteiger partial charge in [-0.3, -0.25) is 0 Å². The maximum absolute atomic E-state index is 12.2. The normalized spacial score (nSPS) is 22.1. The Morgan fingerprint density at radius 1 is 0.889 bits per heavy atom. The lowest BCUT2D eigenvalue weighted by molar-refractivity contribution is -0.274. The molecule has 0 saturated carbocycles. The van der Waals surface area contributed by atoms with Gasteiger partial charge in [-0.2, -0.15) is 0 Å². The summed E-state index contributed by atoms with van der Waals surface area (Å²) < 4.78 is 40.6. The van der Waals surface area contributed by atoms with Gasteiger partial charge in [-0.15, -0.1) is 40.4 Å². The highest BCUT2D eigenvalue weighted by atomic mass is 79.9. The Balaban J connectivity index is 0.00000210. The molecule has 0 spiro atoms. The fraction of sp³-hybridized carbons (Fsp3) is 0.444. The van der Waals surface area contributed by atoms with Crippen LogP contribution in [-0.2, 0) is 0 Å². The van der Waals surface area contributed by atoms with Crippen molar-refractivity contribution >= 4 is 22.8 Å². The molecule has 146 valence electrons. The molecular formula is C18H20BrF3N4O. The summed E-state index contributed by atoms with van der Waals surface area (Å²) in [6.45, 7) is 4.26. The first-order chi connectivity index (χ1) is 12.5. The molecule has 1 aromatic carbocycles. The van der Waals surface area contributed by atoms with E-state index in [2.05, 4.69) is 24.7 Å². The highest BCUT2D eigenvalue weighted by Gasteiger charge is 2.31. The zero-order chi connectivity index (χ0) is 18.1. The second kappa shape index (κ2) is 8.02. The van der Waals surface area contributed by atoms with E-state index in [9.17, 15) is 13.2 Å². The number of aromatic nitrogens is 2.